The average molecular weight is 327 g/mol. The van der Waals surface area contributed by atoms with E-state index in [-0.39, 0.29) is 16.9 Å². The third-order valence-electron chi connectivity index (χ3n) is 3.75. The van der Waals surface area contributed by atoms with E-state index in [1.165, 1.54) is 24.3 Å². The molecule has 0 bridgehead atoms. The van der Waals surface area contributed by atoms with Crippen LogP contribution in [0.5, 0.6) is 0 Å². The molecule has 1 amide bonds. The molecule has 7 heteroatoms. The average Bonchev–Trinajstić information content (AvgIpc) is 2.45. The van der Waals surface area contributed by atoms with Crippen LogP contribution in [0.4, 0.5) is 0 Å². The third-order valence-corrected chi connectivity index (χ3v) is 4.86. The molecular weight excluding hydrogens is 306 g/mol. The van der Waals surface area contributed by atoms with Crippen molar-refractivity contribution in [2.45, 2.75) is 43.5 Å². The minimum absolute atomic E-state index is 0.0528. The highest BCUT2D eigenvalue weighted by Gasteiger charge is 2.31. The molecule has 1 aromatic carbocycles. The second kappa shape index (κ2) is 6.91. The maximum atomic E-state index is 12.3. The lowest BCUT2D eigenvalue weighted by Crippen LogP contribution is -2.49. The molecule has 0 atom stereocenters. The smallest absolute Gasteiger partial charge is 0.305 e. The van der Waals surface area contributed by atoms with Crippen LogP contribution in [-0.4, -0.2) is 37.2 Å². The number of hydrogen-bond donors (Lipinski definition) is 2. The highest BCUT2D eigenvalue weighted by atomic mass is 32.2. The van der Waals surface area contributed by atoms with Crippen molar-refractivity contribution < 1.29 is 23.1 Å². The molecule has 6 nitrogen and oxygen atoms in total. The molecule has 1 aromatic rings. The molecule has 22 heavy (non-hydrogen) atoms. The first kappa shape index (κ1) is 18.2. The van der Waals surface area contributed by atoms with E-state index in [9.17, 15) is 18.0 Å². The molecule has 0 saturated heterocycles. The molecule has 0 aliphatic rings. The van der Waals surface area contributed by atoms with Gasteiger partial charge in [0, 0.05) is 11.8 Å². The lowest BCUT2D eigenvalue weighted by molar-refractivity contribution is -0.138. The van der Waals surface area contributed by atoms with Gasteiger partial charge in [0.05, 0.1) is 16.9 Å². The molecule has 1 rings (SSSR count). The molecule has 0 unspecified atom stereocenters. The van der Waals surface area contributed by atoms with Crippen LogP contribution in [0.15, 0.2) is 29.2 Å². The number of carboxylic acids is 1. The SMILES string of the molecule is CCC(CC)(CC(=O)O)NC(=O)c1cccc(S(C)(=O)=O)c1. The van der Waals surface area contributed by atoms with E-state index in [0.29, 0.717) is 12.8 Å². The molecule has 122 valence electrons. The lowest BCUT2D eigenvalue weighted by Gasteiger charge is -2.31. The largest absolute Gasteiger partial charge is 0.481 e. The van der Waals surface area contributed by atoms with Crippen molar-refractivity contribution in [3.8, 4) is 0 Å². The van der Waals surface area contributed by atoms with Gasteiger partial charge < -0.3 is 10.4 Å². The Hall–Kier alpha value is -1.89. The van der Waals surface area contributed by atoms with Crippen LogP contribution < -0.4 is 5.32 Å². The Morgan fingerprint density at radius 1 is 1.23 bits per heavy atom. The highest BCUT2D eigenvalue weighted by Crippen LogP contribution is 2.21. The Morgan fingerprint density at radius 3 is 2.27 bits per heavy atom. The van der Waals surface area contributed by atoms with Crippen LogP contribution >= 0.6 is 0 Å². The minimum Gasteiger partial charge on any atom is -0.481 e. The van der Waals surface area contributed by atoms with Crippen molar-refractivity contribution in [3.63, 3.8) is 0 Å². The summed E-state index contributed by atoms with van der Waals surface area (Å²) >= 11 is 0. The monoisotopic (exact) mass is 327 g/mol. The van der Waals surface area contributed by atoms with Crippen molar-refractivity contribution in [1.29, 1.82) is 0 Å². The number of nitrogens with one attached hydrogen (secondary N) is 1. The lowest BCUT2D eigenvalue weighted by atomic mass is 9.88. The van der Waals surface area contributed by atoms with Gasteiger partial charge in [-0.05, 0) is 31.0 Å². The summed E-state index contributed by atoms with van der Waals surface area (Å²) in [6.45, 7) is 3.61. The summed E-state index contributed by atoms with van der Waals surface area (Å²) in [6, 6.07) is 5.70. The molecule has 0 heterocycles. The highest BCUT2D eigenvalue weighted by molar-refractivity contribution is 7.90. The van der Waals surface area contributed by atoms with Crippen LogP contribution in [0.1, 0.15) is 43.5 Å². The predicted molar refractivity (Wildman–Crippen MR) is 82.6 cm³/mol. The Bertz CT molecular complexity index is 662. The van der Waals surface area contributed by atoms with Crippen LogP contribution in [0.3, 0.4) is 0 Å². The number of hydrogen-bond acceptors (Lipinski definition) is 4. The summed E-state index contributed by atoms with van der Waals surface area (Å²) in [5.74, 6) is -1.47. The van der Waals surface area contributed by atoms with Gasteiger partial charge in [0.2, 0.25) is 0 Å². The predicted octanol–water partition coefficient (Wildman–Crippen LogP) is 1.85. The number of rotatable bonds is 7. The fraction of sp³-hybridized carbons (Fsp3) is 0.467. The van der Waals surface area contributed by atoms with Gasteiger partial charge in [0.15, 0.2) is 9.84 Å². The second-order valence-corrected chi connectivity index (χ2v) is 7.33. The van der Waals surface area contributed by atoms with Gasteiger partial charge in [-0.25, -0.2) is 8.42 Å². The van der Waals surface area contributed by atoms with E-state index >= 15 is 0 Å². The number of carbonyl (C=O) groups excluding carboxylic acids is 1. The summed E-state index contributed by atoms with van der Waals surface area (Å²) in [6.07, 6.45) is 1.81. The summed E-state index contributed by atoms with van der Waals surface area (Å²) < 4.78 is 23.1. The first-order chi connectivity index (χ1) is 10.1. The van der Waals surface area contributed by atoms with E-state index in [1.54, 1.807) is 13.8 Å². The van der Waals surface area contributed by atoms with Gasteiger partial charge in [-0.1, -0.05) is 19.9 Å². The van der Waals surface area contributed by atoms with Crippen molar-refractivity contribution in [3.05, 3.63) is 29.8 Å². The maximum absolute atomic E-state index is 12.3. The number of carboxylic acid groups (broad SMARTS) is 1. The third kappa shape index (κ3) is 4.56. The van der Waals surface area contributed by atoms with E-state index in [0.717, 1.165) is 6.26 Å². The summed E-state index contributed by atoms with van der Waals surface area (Å²) in [5.41, 5.74) is -0.649. The van der Waals surface area contributed by atoms with Crippen molar-refractivity contribution in [1.82, 2.24) is 5.32 Å². The van der Waals surface area contributed by atoms with E-state index in [1.807, 2.05) is 0 Å². The Labute approximate surface area is 130 Å². The van der Waals surface area contributed by atoms with Crippen molar-refractivity contribution in [2.75, 3.05) is 6.26 Å². The molecule has 2 N–H and O–H groups in total. The topological polar surface area (TPSA) is 101 Å². The molecule has 0 saturated carbocycles. The standard InChI is InChI=1S/C15H21NO5S/c1-4-15(5-2,10-13(17)18)16-14(19)11-7-6-8-12(9-11)22(3,20)21/h6-9H,4-5,10H2,1-3H3,(H,16,19)(H,17,18). The van der Waals surface area contributed by atoms with Crippen LogP contribution in [0.2, 0.25) is 0 Å². The molecule has 0 aromatic heterocycles. The van der Waals surface area contributed by atoms with Crippen LogP contribution in [0.25, 0.3) is 0 Å². The zero-order valence-corrected chi connectivity index (χ0v) is 13.7. The summed E-state index contributed by atoms with van der Waals surface area (Å²) in [4.78, 5) is 23.4. The molecule has 0 aliphatic carbocycles. The molecule has 0 aliphatic heterocycles. The van der Waals surface area contributed by atoms with Crippen LogP contribution in [-0.2, 0) is 14.6 Å². The Balaban J connectivity index is 3.08. The minimum atomic E-state index is -3.41. The van der Waals surface area contributed by atoms with Gasteiger partial charge in [0.25, 0.3) is 5.91 Å². The Morgan fingerprint density at radius 2 is 1.82 bits per heavy atom. The normalized spacial score (nSPS) is 12.0. The van der Waals surface area contributed by atoms with E-state index in [4.69, 9.17) is 5.11 Å². The van der Waals surface area contributed by atoms with Crippen LogP contribution in [0, 0.1) is 0 Å². The van der Waals surface area contributed by atoms with E-state index in [2.05, 4.69) is 5.32 Å². The summed E-state index contributed by atoms with van der Waals surface area (Å²) in [5, 5.41) is 11.8. The number of sulfone groups is 1. The number of aliphatic carboxylic acids is 1. The molecule has 0 radical (unpaired) electrons. The van der Waals surface area contributed by atoms with Crippen molar-refractivity contribution >= 4 is 21.7 Å². The maximum Gasteiger partial charge on any atom is 0.305 e. The van der Waals surface area contributed by atoms with E-state index < -0.39 is 27.3 Å². The molecular formula is C15H21NO5S. The molecule has 0 spiro atoms. The fourth-order valence-corrected chi connectivity index (χ4v) is 2.86. The first-order valence-electron chi connectivity index (χ1n) is 6.98. The summed E-state index contributed by atoms with van der Waals surface area (Å²) in [7, 11) is -3.41. The number of benzene rings is 1. The number of amides is 1. The Kier molecular flexibility index (Phi) is 5.71. The quantitative estimate of drug-likeness (QED) is 0.796. The van der Waals surface area contributed by atoms with Gasteiger partial charge in [-0.2, -0.15) is 0 Å². The zero-order chi connectivity index (χ0) is 17.0. The number of carbonyl (C=O) groups is 2. The zero-order valence-electron chi connectivity index (χ0n) is 12.9. The van der Waals surface area contributed by atoms with Gasteiger partial charge in [-0.3, -0.25) is 9.59 Å². The van der Waals surface area contributed by atoms with Gasteiger partial charge >= 0.3 is 5.97 Å². The molecule has 0 fully saturated rings. The second-order valence-electron chi connectivity index (χ2n) is 5.31. The van der Waals surface area contributed by atoms with Crippen molar-refractivity contribution in [2.24, 2.45) is 0 Å². The van der Waals surface area contributed by atoms with Gasteiger partial charge in [-0.15, -0.1) is 0 Å². The van der Waals surface area contributed by atoms with Gasteiger partial charge in [0.1, 0.15) is 0 Å². The first-order valence-corrected chi connectivity index (χ1v) is 8.87. The fourth-order valence-electron chi connectivity index (χ4n) is 2.19.